The normalized spacial score (nSPS) is 10.4. The summed E-state index contributed by atoms with van der Waals surface area (Å²) in [5.41, 5.74) is 3.89. The second-order valence-electron chi connectivity index (χ2n) is 3.56. The van der Waals surface area contributed by atoms with Crippen LogP contribution >= 0.6 is 11.6 Å². The maximum atomic E-state index is 5.56. The number of nitrogens with one attached hydrogen (secondary N) is 1. The molecule has 0 unspecified atom stereocenters. The van der Waals surface area contributed by atoms with Crippen LogP contribution in [0.5, 0.6) is 5.75 Å². The van der Waals surface area contributed by atoms with Crippen molar-refractivity contribution < 1.29 is 4.74 Å². The van der Waals surface area contributed by atoms with Crippen LogP contribution < -0.4 is 10.1 Å². The average molecular weight is 228 g/mol. The van der Waals surface area contributed by atoms with Gasteiger partial charge in [-0.3, -0.25) is 0 Å². The van der Waals surface area contributed by atoms with Crippen LogP contribution in [0.2, 0.25) is 0 Å². The fraction of sp³-hybridized carbons (Fsp3) is 0.500. The van der Waals surface area contributed by atoms with Crippen molar-refractivity contribution in [2.45, 2.75) is 20.3 Å². The lowest BCUT2D eigenvalue weighted by Gasteiger charge is -2.12. The van der Waals surface area contributed by atoms with E-state index in [0.717, 1.165) is 18.7 Å². The molecule has 2 nitrogen and oxygen atoms in total. The van der Waals surface area contributed by atoms with E-state index in [9.17, 15) is 0 Å². The molecule has 1 aromatic carbocycles. The van der Waals surface area contributed by atoms with Crippen molar-refractivity contribution in [2.75, 3.05) is 19.7 Å². The molecule has 0 amide bonds. The molecule has 0 heterocycles. The molecule has 0 aliphatic carbocycles. The molecular formula is C12H18ClNO. The van der Waals surface area contributed by atoms with Crippen molar-refractivity contribution in [1.82, 2.24) is 5.32 Å². The molecule has 15 heavy (non-hydrogen) atoms. The van der Waals surface area contributed by atoms with Gasteiger partial charge in [0.1, 0.15) is 5.75 Å². The van der Waals surface area contributed by atoms with Gasteiger partial charge in [0, 0.05) is 6.54 Å². The lowest BCUT2D eigenvalue weighted by atomic mass is 10.00. The Labute approximate surface area is 96.6 Å². The molecule has 0 atom stereocenters. The van der Waals surface area contributed by atoms with Crippen LogP contribution in [0.3, 0.4) is 0 Å². The van der Waals surface area contributed by atoms with E-state index in [-0.39, 0.29) is 0 Å². The van der Waals surface area contributed by atoms with Gasteiger partial charge in [-0.1, -0.05) is 6.07 Å². The lowest BCUT2D eigenvalue weighted by molar-refractivity contribution is 0.411. The summed E-state index contributed by atoms with van der Waals surface area (Å²) in [6, 6.07) is 4.66. The predicted octanol–water partition coefficient (Wildman–Crippen LogP) is 2.64. The van der Waals surface area contributed by atoms with Gasteiger partial charge in [0.25, 0.3) is 0 Å². The number of ether oxygens (including phenoxy) is 1. The molecule has 1 N–H and O–H groups in total. The van der Waals surface area contributed by atoms with Crippen LogP contribution in [0.25, 0.3) is 0 Å². The highest BCUT2D eigenvalue weighted by molar-refractivity contribution is 6.17. The van der Waals surface area contributed by atoms with E-state index < -0.39 is 0 Å². The van der Waals surface area contributed by atoms with Gasteiger partial charge in [-0.15, -0.1) is 11.6 Å². The Hall–Kier alpha value is -0.730. The molecule has 0 aliphatic rings. The molecule has 0 saturated carbocycles. The van der Waals surface area contributed by atoms with Crippen molar-refractivity contribution in [3.63, 3.8) is 0 Å². The number of hydrogen-bond acceptors (Lipinski definition) is 2. The Morgan fingerprint density at radius 3 is 2.60 bits per heavy atom. The average Bonchev–Trinajstić information content (AvgIpc) is 2.25. The Kier molecular flexibility index (Phi) is 4.92. The first-order valence-electron chi connectivity index (χ1n) is 5.10. The van der Waals surface area contributed by atoms with Gasteiger partial charge in [0.15, 0.2) is 0 Å². The molecule has 0 radical (unpaired) electrons. The highest BCUT2D eigenvalue weighted by Gasteiger charge is 2.05. The zero-order valence-corrected chi connectivity index (χ0v) is 10.3. The summed E-state index contributed by atoms with van der Waals surface area (Å²) >= 11 is 5.56. The van der Waals surface area contributed by atoms with E-state index in [1.54, 1.807) is 7.11 Å². The van der Waals surface area contributed by atoms with Crippen LogP contribution in [0.15, 0.2) is 12.1 Å². The number of alkyl halides is 1. The first-order chi connectivity index (χ1) is 7.20. The predicted molar refractivity (Wildman–Crippen MR) is 64.9 cm³/mol. The largest absolute Gasteiger partial charge is 0.496 e. The van der Waals surface area contributed by atoms with Gasteiger partial charge < -0.3 is 10.1 Å². The third-order valence-corrected chi connectivity index (χ3v) is 2.92. The molecule has 0 fully saturated rings. The van der Waals surface area contributed by atoms with E-state index in [1.807, 2.05) is 6.07 Å². The standard InChI is InChI=1S/C12H18ClNO/c1-9-10(2)12(15-3)5-4-11(9)6-7-14-8-13/h4-5,14H,6-8H2,1-3H3. The molecule has 0 bridgehead atoms. The van der Waals surface area contributed by atoms with E-state index in [1.165, 1.54) is 16.7 Å². The van der Waals surface area contributed by atoms with Gasteiger partial charge in [0.2, 0.25) is 0 Å². The minimum Gasteiger partial charge on any atom is -0.496 e. The van der Waals surface area contributed by atoms with Crippen molar-refractivity contribution >= 4 is 11.6 Å². The maximum absolute atomic E-state index is 5.56. The van der Waals surface area contributed by atoms with E-state index in [2.05, 4.69) is 25.2 Å². The number of hydrogen-bond donors (Lipinski definition) is 1. The highest BCUT2D eigenvalue weighted by atomic mass is 35.5. The second kappa shape index (κ2) is 5.99. The van der Waals surface area contributed by atoms with Gasteiger partial charge in [-0.25, -0.2) is 0 Å². The van der Waals surface area contributed by atoms with Gasteiger partial charge in [0.05, 0.1) is 13.1 Å². The number of rotatable bonds is 5. The smallest absolute Gasteiger partial charge is 0.122 e. The van der Waals surface area contributed by atoms with E-state index in [4.69, 9.17) is 16.3 Å². The van der Waals surface area contributed by atoms with Crippen molar-refractivity contribution in [3.8, 4) is 5.75 Å². The van der Waals surface area contributed by atoms with Crippen LogP contribution in [-0.2, 0) is 6.42 Å². The molecule has 0 aromatic heterocycles. The second-order valence-corrected chi connectivity index (χ2v) is 3.83. The molecule has 0 spiro atoms. The summed E-state index contributed by atoms with van der Waals surface area (Å²) in [7, 11) is 1.70. The monoisotopic (exact) mass is 227 g/mol. The lowest BCUT2D eigenvalue weighted by Crippen LogP contribution is -2.15. The minimum absolute atomic E-state index is 0.508. The zero-order valence-electron chi connectivity index (χ0n) is 9.56. The summed E-state index contributed by atoms with van der Waals surface area (Å²) in [5, 5.41) is 3.11. The molecule has 1 rings (SSSR count). The van der Waals surface area contributed by atoms with E-state index >= 15 is 0 Å². The minimum atomic E-state index is 0.508. The maximum Gasteiger partial charge on any atom is 0.122 e. The van der Waals surface area contributed by atoms with Crippen LogP contribution in [0.4, 0.5) is 0 Å². The fourth-order valence-corrected chi connectivity index (χ4v) is 1.77. The van der Waals surface area contributed by atoms with Gasteiger partial charge >= 0.3 is 0 Å². The molecule has 0 aliphatic heterocycles. The van der Waals surface area contributed by atoms with Crippen LogP contribution in [-0.4, -0.2) is 19.7 Å². The Morgan fingerprint density at radius 2 is 2.00 bits per heavy atom. The summed E-state index contributed by atoms with van der Waals surface area (Å²) in [6.45, 7) is 5.14. The summed E-state index contributed by atoms with van der Waals surface area (Å²) in [5.74, 6) is 0.960. The Balaban J connectivity index is 2.77. The first-order valence-corrected chi connectivity index (χ1v) is 5.64. The quantitative estimate of drug-likeness (QED) is 0.475. The van der Waals surface area contributed by atoms with Crippen molar-refractivity contribution in [3.05, 3.63) is 28.8 Å². The third-order valence-electron chi connectivity index (χ3n) is 2.74. The fourth-order valence-electron chi connectivity index (χ4n) is 1.63. The van der Waals surface area contributed by atoms with Crippen LogP contribution in [0, 0.1) is 13.8 Å². The molecule has 1 aromatic rings. The number of methoxy groups -OCH3 is 1. The Bertz CT molecular complexity index is 326. The number of benzene rings is 1. The van der Waals surface area contributed by atoms with Crippen molar-refractivity contribution in [2.24, 2.45) is 0 Å². The number of halogens is 1. The molecular weight excluding hydrogens is 210 g/mol. The molecule has 3 heteroatoms. The Morgan fingerprint density at radius 1 is 1.27 bits per heavy atom. The molecule has 84 valence electrons. The zero-order chi connectivity index (χ0) is 11.3. The van der Waals surface area contributed by atoms with Crippen molar-refractivity contribution in [1.29, 1.82) is 0 Å². The van der Waals surface area contributed by atoms with Gasteiger partial charge in [-0.05, 0) is 43.0 Å². The van der Waals surface area contributed by atoms with Crippen LogP contribution in [0.1, 0.15) is 16.7 Å². The first kappa shape index (κ1) is 12.3. The SMILES string of the molecule is COc1ccc(CCNCCl)c(C)c1C. The summed E-state index contributed by atoms with van der Waals surface area (Å²) < 4.78 is 5.27. The summed E-state index contributed by atoms with van der Waals surface area (Å²) in [6.07, 6.45) is 1.00. The highest BCUT2D eigenvalue weighted by Crippen LogP contribution is 2.23. The topological polar surface area (TPSA) is 21.3 Å². The van der Waals surface area contributed by atoms with E-state index in [0.29, 0.717) is 6.00 Å². The summed E-state index contributed by atoms with van der Waals surface area (Å²) in [4.78, 5) is 0. The molecule has 0 saturated heterocycles. The third kappa shape index (κ3) is 3.11. The van der Waals surface area contributed by atoms with Gasteiger partial charge in [-0.2, -0.15) is 0 Å².